The predicted molar refractivity (Wildman–Crippen MR) is 107 cm³/mol. The van der Waals surface area contributed by atoms with E-state index in [1.54, 1.807) is 12.1 Å². The molecule has 2 aromatic carbocycles. The molecule has 2 aromatic rings. The summed E-state index contributed by atoms with van der Waals surface area (Å²) in [5.41, 5.74) is 0.0663. The Bertz CT molecular complexity index is 898. The van der Waals surface area contributed by atoms with Gasteiger partial charge in [-0.15, -0.1) is 0 Å². The van der Waals surface area contributed by atoms with Crippen LogP contribution in [0.15, 0.2) is 36.4 Å². The average molecular weight is 414 g/mol. The van der Waals surface area contributed by atoms with Crippen LogP contribution in [0.2, 0.25) is 0 Å². The second kappa shape index (κ2) is 10.2. The molecule has 0 spiro atoms. The zero-order chi connectivity index (χ0) is 22.3. The third-order valence-electron chi connectivity index (χ3n) is 4.83. The van der Waals surface area contributed by atoms with E-state index in [0.717, 1.165) is 12.8 Å². The van der Waals surface area contributed by atoms with Crippen molar-refractivity contribution in [1.82, 2.24) is 0 Å². The molecule has 0 aromatic heterocycles. The molecule has 0 radical (unpaired) electrons. The number of carboxylic acid groups (broad SMARTS) is 4. The van der Waals surface area contributed by atoms with Crippen LogP contribution in [-0.4, -0.2) is 44.3 Å². The van der Waals surface area contributed by atoms with Crippen LogP contribution in [0.3, 0.4) is 0 Å². The first-order valence-electron chi connectivity index (χ1n) is 9.41. The first kappa shape index (κ1) is 22.6. The Hall–Kier alpha value is -3.68. The third-order valence-corrected chi connectivity index (χ3v) is 4.83. The molecule has 0 aliphatic rings. The summed E-state index contributed by atoms with van der Waals surface area (Å²) in [4.78, 5) is 45.4. The van der Waals surface area contributed by atoms with Crippen LogP contribution < -0.4 is 0 Å². The molecule has 0 fully saturated rings. The van der Waals surface area contributed by atoms with E-state index in [9.17, 15) is 29.4 Å². The lowest BCUT2D eigenvalue weighted by molar-refractivity contribution is 0.0650. The maximum Gasteiger partial charge on any atom is 0.336 e. The van der Waals surface area contributed by atoms with Crippen LogP contribution in [-0.2, 0) is 12.8 Å². The Morgan fingerprint density at radius 3 is 1.20 bits per heavy atom. The number of hydrogen-bond acceptors (Lipinski definition) is 4. The Kier molecular flexibility index (Phi) is 7.69. The Labute approximate surface area is 172 Å². The van der Waals surface area contributed by atoms with Gasteiger partial charge in [0.1, 0.15) is 0 Å². The van der Waals surface area contributed by atoms with Crippen LogP contribution in [0, 0.1) is 0 Å². The smallest absolute Gasteiger partial charge is 0.336 e. The fourth-order valence-corrected chi connectivity index (χ4v) is 3.46. The summed E-state index contributed by atoms with van der Waals surface area (Å²) in [5.74, 6) is -5.12. The van der Waals surface area contributed by atoms with Crippen LogP contribution in [0.25, 0.3) is 0 Å². The lowest BCUT2D eigenvalue weighted by Gasteiger charge is -2.10. The largest absolute Gasteiger partial charge is 0.478 e. The van der Waals surface area contributed by atoms with E-state index >= 15 is 0 Å². The van der Waals surface area contributed by atoms with Gasteiger partial charge in [0.05, 0.1) is 22.3 Å². The molecule has 0 atom stereocenters. The molecule has 0 saturated carbocycles. The second-order valence-corrected chi connectivity index (χ2v) is 6.81. The van der Waals surface area contributed by atoms with Crippen LogP contribution in [0.4, 0.5) is 0 Å². The van der Waals surface area contributed by atoms with Gasteiger partial charge in [0, 0.05) is 0 Å². The summed E-state index contributed by atoms with van der Waals surface area (Å²) < 4.78 is 0. The van der Waals surface area contributed by atoms with Gasteiger partial charge < -0.3 is 20.4 Å². The SMILES string of the molecule is O=C(O)c1cccc(CCCCCCc2cccc(C(=O)O)c2C(=O)O)c1C(=O)O. The van der Waals surface area contributed by atoms with Crippen molar-refractivity contribution >= 4 is 23.9 Å². The lowest BCUT2D eigenvalue weighted by Crippen LogP contribution is -2.11. The maximum atomic E-state index is 11.4. The van der Waals surface area contributed by atoms with Gasteiger partial charge in [-0.05, 0) is 48.9 Å². The van der Waals surface area contributed by atoms with Gasteiger partial charge in [0.25, 0.3) is 0 Å². The van der Waals surface area contributed by atoms with Crippen molar-refractivity contribution in [2.75, 3.05) is 0 Å². The molecular weight excluding hydrogens is 392 g/mol. The predicted octanol–water partition coefficient (Wildman–Crippen LogP) is 3.83. The minimum atomic E-state index is -1.29. The van der Waals surface area contributed by atoms with E-state index in [1.165, 1.54) is 24.3 Å². The van der Waals surface area contributed by atoms with E-state index in [0.29, 0.717) is 36.8 Å². The van der Waals surface area contributed by atoms with Crippen molar-refractivity contribution in [2.24, 2.45) is 0 Å². The molecule has 30 heavy (non-hydrogen) atoms. The number of rotatable bonds is 11. The normalized spacial score (nSPS) is 10.5. The standard InChI is InChI=1S/C22H22O8/c23-19(24)15-11-5-9-13(17(15)21(27)28)7-3-1-2-4-8-14-10-6-12-16(20(25)26)18(14)22(29)30/h5-6,9-12H,1-4,7-8H2,(H,23,24)(H,25,26)(H,27,28)(H,29,30). The van der Waals surface area contributed by atoms with E-state index in [1.807, 2.05) is 0 Å². The Morgan fingerprint density at radius 1 is 0.533 bits per heavy atom. The molecule has 8 nitrogen and oxygen atoms in total. The number of aromatic carboxylic acids is 4. The van der Waals surface area contributed by atoms with E-state index in [4.69, 9.17) is 10.2 Å². The number of carboxylic acids is 4. The molecule has 0 saturated heterocycles. The minimum absolute atomic E-state index is 0.193. The third kappa shape index (κ3) is 5.44. The molecule has 0 heterocycles. The molecule has 158 valence electrons. The molecule has 0 aliphatic carbocycles. The fraction of sp³-hybridized carbons (Fsp3) is 0.273. The summed E-state index contributed by atoms with van der Waals surface area (Å²) >= 11 is 0. The van der Waals surface area contributed by atoms with E-state index in [2.05, 4.69) is 0 Å². The highest BCUT2D eigenvalue weighted by molar-refractivity contribution is 6.03. The monoisotopic (exact) mass is 414 g/mol. The fourth-order valence-electron chi connectivity index (χ4n) is 3.46. The second-order valence-electron chi connectivity index (χ2n) is 6.81. The van der Waals surface area contributed by atoms with Crippen molar-refractivity contribution in [3.8, 4) is 0 Å². The molecule has 0 aliphatic heterocycles. The Morgan fingerprint density at radius 2 is 0.900 bits per heavy atom. The summed E-state index contributed by atoms with van der Waals surface area (Å²) in [6.07, 6.45) is 3.58. The van der Waals surface area contributed by atoms with Gasteiger partial charge in [-0.3, -0.25) is 0 Å². The number of benzene rings is 2. The molecule has 0 unspecified atom stereocenters. The summed E-state index contributed by atoms with van der Waals surface area (Å²) in [6, 6.07) is 8.78. The number of hydrogen-bond donors (Lipinski definition) is 4. The molecule has 2 rings (SSSR count). The highest BCUT2D eigenvalue weighted by atomic mass is 16.4. The summed E-state index contributed by atoms with van der Waals surface area (Å²) in [5, 5.41) is 37.0. The first-order chi connectivity index (χ1) is 14.2. The Balaban J connectivity index is 1.94. The summed E-state index contributed by atoms with van der Waals surface area (Å²) in [7, 11) is 0. The van der Waals surface area contributed by atoms with Crippen LogP contribution >= 0.6 is 0 Å². The van der Waals surface area contributed by atoms with Crippen molar-refractivity contribution in [3.63, 3.8) is 0 Å². The van der Waals surface area contributed by atoms with Crippen molar-refractivity contribution < 1.29 is 39.6 Å². The molecular formula is C22H22O8. The number of unbranched alkanes of at least 4 members (excludes halogenated alkanes) is 3. The molecule has 4 N–H and O–H groups in total. The topological polar surface area (TPSA) is 149 Å². The molecule has 0 bridgehead atoms. The van der Waals surface area contributed by atoms with Gasteiger partial charge in [-0.25, -0.2) is 19.2 Å². The number of carbonyl (C=O) groups is 4. The average Bonchev–Trinajstić information content (AvgIpc) is 2.69. The highest BCUT2D eigenvalue weighted by Crippen LogP contribution is 2.20. The molecule has 8 heteroatoms. The van der Waals surface area contributed by atoms with Gasteiger partial charge in [0.2, 0.25) is 0 Å². The van der Waals surface area contributed by atoms with Crippen LogP contribution in [0.5, 0.6) is 0 Å². The quantitative estimate of drug-likeness (QED) is 0.405. The van der Waals surface area contributed by atoms with Crippen molar-refractivity contribution in [1.29, 1.82) is 0 Å². The van der Waals surface area contributed by atoms with Crippen molar-refractivity contribution in [2.45, 2.75) is 38.5 Å². The van der Waals surface area contributed by atoms with Gasteiger partial charge in [0.15, 0.2) is 0 Å². The first-order valence-corrected chi connectivity index (χ1v) is 9.41. The van der Waals surface area contributed by atoms with Crippen molar-refractivity contribution in [3.05, 3.63) is 69.8 Å². The summed E-state index contributed by atoms with van der Waals surface area (Å²) in [6.45, 7) is 0. The van der Waals surface area contributed by atoms with Gasteiger partial charge in [-0.2, -0.15) is 0 Å². The van der Waals surface area contributed by atoms with Gasteiger partial charge in [-0.1, -0.05) is 37.1 Å². The minimum Gasteiger partial charge on any atom is -0.478 e. The maximum absolute atomic E-state index is 11.4. The number of aryl methyl sites for hydroxylation is 2. The van der Waals surface area contributed by atoms with Crippen LogP contribution in [0.1, 0.15) is 78.2 Å². The zero-order valence-electron chi connectivity index (χ0n) is 16.1. The zero-order valence-corrected chi connectivity index (χ0v) is 16.1. The molecule has 0 amide bonds. The van der Waals surface area contributed by atoms with Gasteiger partial charge >= 0.3 is 23.9 Å². The lowest BCUT2D eigenvalue weighted by atomic mass is 9.95. The highest BCUT2D eigenvalue weighted by Gasteiger charge is 2.20. The van der Waals surface area contributed by atoms with E-state index in [-0.39, 0.29) is 22.3 Å². The van der Waals surface area contributed by atoms with E-state index < -0.39 is 23.9 Å².